The smallest absolute Gasteiger partial charge is 0.0592 e. The first kappa shape index (κ1) is 12.2. The molecule has 1 heterocycles. The molecule has 1 saturated heterocycles. The molecule has 0 radical (unpaired) electrons. The zero-order valence-corrected chi connectivity index (χ0v) is 11.4. The van der Waals surface area contributed by atoms with Crippen LogP contribution in [0.15, 0.2) is 22.7 Å². The van der Waals surface area contributed by atoms with Crippen molar-refractivity contribution >= 4 is 33.2 Å². The summed E-state index contributed by atoms with van der Waals surface area (Å²) in [6.45, 7) is 1.86. The molecule has 2 nitrogen and oxygen atoms in total. The van der Waals surface area contributed by atoms with Gasteiger partial charge in [0.1, 0.15) is 0 Å². The Morgan fingerprint density at radius 3 is 3.06 bits per heavy atom. The molecule has 1 aliphatic rings. The Bertz CT molecular complexity index is 353. The van der Waals surface area contributed by atoms with Crippen LogP contribution in [0, 0.1) is 0 Å². The highest BCUT2D eigenvalue weighted by Crippen LogP contribution is 2.25. The van der Waals surface area contributed by atoms with Crippen LogP contribution < -0.4 is 5.32 Å². The topological polar surface area (TPSA) is 21.3 Å². The summed E-state index contributed by atoms with van der Waals surface area (Å²) in [6.07, 6.45) is 3.91. The molecule has 1 unspecified atom stereocenters. The number of halogens is 2. The lowest BCUT2D eigenvalue weighted by molar-refractivity contribution is 0.107. The molecule has 0 saturated carbocycles. The largest absolute Gasteiger partial charge is 0.385 e. The summed E-state index contributed by atoms with van der Waals surface area (Å²) in [4.78, 5) is 0. The van der Waals surface area contributed by atoms with Crippen LogP contribution in [0.5, 0.6) is 0 Å². The van der Waals surface area contributed by atoms with E-state index in [4.69, 9.17) is 16.3 Å². The maximum absolute atomic E-state index is 6.01. The quantitative estimate of drug-likeness (QED) is 0.905. The molecule has 88 valence electrons. The van der Waals surface area contributed by atoms with Crippen LogP contribution in [0.1, 0.15) is 19.3 Å². The van der Waals surface area contributed by atoms with Crippen molar-refractivity contribution in [2.45, 2.75) is 25.4 Å². The number of ether oxygens (including phenoxy) is 1. The fraction of sp³-hybridized carbons (Fsp3) is 0.500. The summed E-state index contributed by atoms with van der Waals surface area (Å²) in [5, 5.41) is 4.09. The molecule has 2 rings (SSSR count). The first-order valence-corrected chi connectivity index (χ1v) is 6.73. The van der Waals surface area contributed by atoms with Crippen molar-refractivity contribution in [2.75, 3.05) is 18.5 Å². The molecule has 0 amide bonds. The Morgan fingerprint density at radius 2 is 2.38 bits per heavy atom. The van der Waals surface area contributed by atoms with E-state index in [1.807, 2.05) is 18.2 Å². The lowest BCUT2D eigenvalue weighted by Crippen LogP contribution is -2.12. The van der Waals surface area contributed by atoms with Crippen molar-refractivity contribution in [1.29, 1.82) is 0 Å². The molecule has 0 spiro atoms. The van der Waals surface area contributed by atoms with E-state index in [1.54, 1.807) is 0 Å². The van der Waals surface area contributed by atoms with Gasteiger partial charge in [-0.2, -0.15) is 0 Å². The van der Waals surface area contributed by atoms with Gasteiger partial charge in [-0.3, -0.25) is 0 Å². The third-order valence-corrected chi connectivity index (χ3v) is 3.97. The van der Waals surface area contributed by atoms with Crippen LogP contribution in [0.2, 0.25) is 5.02 Å². The zero-order valence-electron chi connectivity index (χ0n) is 9.01. The molecule has 1 aliphatic heterocycles. The number of anilines is 1. The SMILES string of the molecule is Clc1cc(NCCC2CCCO2)ccc1Br. The monoisotopic (exact) mass is 303 g/mol. The molecular formula is C12H15BrClNO. The first-order valence-electron chi connectivity index (χ1n) is 5.56. The molecule has 0 bridgehead atoms. The van der Waals surface area contributed by atoms with Crippen LogP contribution in [0.25, 0.3) is 0 Å². The number of rotatable bonds is 4. The minimum atomic E-state index is 0.443. The van der Waals surface area contributed by atoms with Gasteiger partial charge < -0.3 is 10.1 Å². The molecule has 1 fully saturated rings. The molecule has 1 N–H and O–H groups in total. The molecule has 1 atom stereocenters. The fourth-order valence-corrected chi connectivity index (χ4v) is 2.28. The van der Waals surface area contributed by atoms with Gasteiger partial charge in [0.05, 0.1) is 11.1 Å². The summed E-state index contributed by atoms with van der Waals surface area (Å²) in [5.41, 5.74) is 1.06. The Morgan fingerprint density at radius 1 is 1.50 bits per heavy atom. The van der Waals surface area contributed by atoms with Crippen molar-refractivity contribution in [3.05, 3.63) is 27.7 Å². The maximum atomic E-state index is 6.01. The summed E-state index contributed by atoms with van der Waals surface area (Å²) in [7, 11) is 0. The standard InChI is InChI=1S/C12H15BrClNO/c13-11-4-3-9(8-12(11)14)15-6-5-10-2-1-7-16-10/h3-4,8,10,15H,1-2,5-7H2. The summed E-state index contributed by atoms with van der Waals surface area (Å²) >= 11 is 9.38. The number of nitrogens with one attached hydrogen (secondary N) is 1. The molecule has 4 heteroatoms. The van der Waals surface area contributed by atoms with E-state index in [9.17, 15) is 0 Å². The van der Waals surface area contributed by atoms with Gasteiger partial charge in [-0.15, -0.1) is 0 Å². The van der Waals surface area contributed by atoms with Crippen LogP contribution in [0.3, 0.4) is 0 Å². The van der Waals surface area contributed by atoms with Gasteiger partial charge >= 0.3 is 0 Å². The molecule has 0 aromatic heterocycles. The Balaban J connectivity index is 1.78. The van der Waals surface area contributed by atoms with Gasteiger partial charge in [0.25, 0.3) is 0 Å². The molecule has 1 aromatic rings. The van der Waals surface area contributed by atoms with Crippen molar-refractivity contribution in [1.82, 2.24) is 0 Å². The third kappa shape index (κ3) is 3.37. The second kappa shape index (κ2) is 5.89. The van der Waals surface area contributed by atoms with Gasteiger partial charge in [0, 0.05) is 23.3 Å². The normalized spacial score (nSPS) is 20.0. The summed E-state index contributed by atoms with van der Waals surface area (Å²) in [6, 6.07) is 5.91. The van der Waals surface area contributed by atoms with Crippen molar-refractivity contribution in [3.63, 3.8) is 0 Å². The van der Waals surface area contributed by atoms with Crippen LogP contribution in [-0.2, 0) is 4.74 Å². The average Bonchev–Trinajstić information content (AvgIpc) is 2.76. The highest BCUT2D eigenvalue weighted by Gasteiger charge is 2.14. The predicted molar refractivity (Wildman–Crippen MR) is 71.2 cm³/mol. The molecule has 16 heavy (non-hydrogen) atoms. The predicted octanol–water partition coefficient (Wildman–Crippen LogP) is 4.08. The van der Waals surface area contributed by atoms with E-state index in [0.717, 1.165) is 34.8 Å². The number of hydrogen-bond acceptors (Lipinski definition) is 2. The number of benzene rings is 1. The van der Waals surface area contributed by atoms with E-state index < -0.39 is 0 Å². The van der Waals surface area contributed by atoms with Crippen LogP contribution in [-0.4, -0.2) is 19.3 Å². The zero-order chi connectivity index (χ0) is 11.4. The van der Waals surface area contributed by atoms with Crippen molar-refractivity contribution < 1.29 is 4.74 Å². The summed E-state index contributed by atoms with van der Waals surface area (Å²) in [5.74, 6) is 0. The lowest BCUT2D eigenvalue weighted by atomic mass is 10.2. The lowest BCUT2D eigenvalue weighted by Gasteiger charge is -2.11. The van der Waals surface area contributed by atoms with Gasteiger partial charge in [-0.05, 0) is 53.4 Å². The van der Waals surface area contributed by atoms with E-state index in [2.05, 4.69) is 21.2 Å². The van der Waals surface area contributed by atoms with Gasteiger partial charge in [0.2, 0.25) is 0 Å². The average molecular weight is 305 g/mol. The Kier molecular flexibility index (Phi) is 4.50. The number of hydrogen-bond donors (Lipinski definition) is 1. The van der Waals surface area contributed by atoms with E-state index in [0.29, 0.717) is 6.10 Å². The molecule has 1 aromatic carbocycles. The van der Waals surface area contributed by atoms with Gasteiger partial charge in [-0.25, -0.2) is 0 Å². The highest BCUT2D eigenvalue weighted by molar-refractivity contribution is 9.10. The second-order valence-electron chi connectivity index (χ2n) is 3.98. The minimum absolute atomic E-state index is 0.443. The summed E-state index contributed by atoms with van der Waals surface area (Å²) < 4.78 is 6.49. The third-order valence-electron chi connectivity index (χ3n) is 2.74. The maximum Gasteiger partial charge on any atom is 0.0592 e. The Labute approximate surface area is 109 Å². The Hall–Kier alpha value is -0.250. The van der Waals surface area contributed by atoms with Crippen molar-refractivity contribution in [2.24, 2.45) is 0 Å². The molecule has 0 aliphatic carbocycles. The van der Waals surface area contributed by atoms with Gasteiger partial charge in [0.15, 0.2) is 0 Å². The fourth-order valence-electron chi connectivity index (χ4n) is 1.86. The highest BCUT2D eigenvalue weighted by atomic mass is 79.9. The van der Waals surface area contributed by atoms with Gasteiger partial charge in [-0.1, -0.05) is 11.6 Å². The van der Waals surface area contributed by atoms with E-state index in [1.165, 1.54) is 12.8 Å². The van der Waals surface area contributed by atoms with E-state index >= 15 is 0 Å². The van der Waals surface area contributed by atoms with E-state index in [-0.39, 0.29) is 0 Å². The first-order chi connectivity index (χ1) is 7.75. The second-order valence-corrected chi connectivity index (χ2v) is 5.24. The van der Waals surface area contributed by atoms with Crippen LogP contribution >= 0.6 is 27.5 Å². The molecular weight excluding hydrogens is 289 g/mol. The minimum Gasteiger partial charge on any atom is -0.385 e. The van der Waals surface area contributed by atoms with Crippen LogP contribution in [0.4, 0.5) is 5.69 Å². The van der Waals surface area contributed by atoms with Crippen molar-refractivity contribution in [3.8, 4) is 0 Å².